The Morgan fingerprint density at radius 3 is 2.56 bits per heavy atom. The molecule has 3 N–H and O–H groups in total. The molecule has 1 aromatic carbocycles. The molecule has 100 valence electrons. The second-order valence-corrected chi connectivity index (χ2v) is 5.40. The maximum absolute atomic E-state index is 12.7. The molecule has 0 bridgehead atoms. The van der Waals surface area contributed by atoms with Crippen molar-refractivity contribution in [1.82, 2.24) is 5.32 Å². The standard InChI is InChI=1S/C13H19FN2OS/c1-9(13(17)16-10(2)7-15)8-18-12-5-3-11(14)4-6-12/h3-6,9-10H,7-8,15H2,1-2H3,(H,16,17)/t9?,10-/m0/s1. The van der Waals surface area contributed by atoms with E-state index >= 15 is 0 Å². The minimum absolute atomic E-state index is 0.00237. The summed E-state index contributed by atoms with van der Waals surface area (Å²) in [4.78, 5) is 12.7. The topological polar surface area (TPSA) is 55.1 Å². The molecule has 2 atom stereocenters. The van der Waals surface area contributed by atoms with Crippen LogP contribution in [0, 0.1) is 11.7 Å². The average Bonchev–Trinajstić information content (AvgIpc) is 2.37. The highest BCUT2D eigenvalue weighted by molar-refractivity contribution is 7.99. The lowest BCUT2D eigenvalue weighted by Crippen LogP contribution is -2.41. The first-order valence-corrected chi connectivity index (χ1v) is 6.90. The fraction of sp³-hybridized carbons (Fsp3) is 0.462. The number of nitrogens with one attached hydrogen (secondary N) is 1. The van der Waals surface area contributed by atoms with E-state index in [9.17, 15) is 9.18 Å². The van der Waals surface area contributed by atoms with Gasteiger partial charge in [-0.2, -0.15) is 0 Å². The van der Waals surface area contributed by atoms with Gasteiger partial charge in [-0.05, 0) is 31.2 Å². The zero-order valence-corrected chi connectivity index (χ0v) is 11.5. The summed E-state index contributed by atoms with van der Waals surface area (Å²) in [6.07, 6.45) is 0. The summed E-state index contributed by atoms with van der Waals surface area (Å²) in [6, 6.07) is 6.27. The van der Waals surface area contributed by atoms with Gasteiger partial charge in [-0.3, -0.25) is 4.79 Å². The molecule has 0 aliphatic heterocycles. The van der Waals surface area contributed by atoms with Gasteiger partial charge in [0.05, 0.1) is 0 Å². The van der Waals surface area contributed by atoms with Crippen molar-refractivity contribution >= 4 is 17.7 Å². The molecule has 1 unspecified atom stereocenters. The summed E-state index contributed by atoms with van der Waals surface area (Å²) in [7, 11) is 0. The number of hydrogen-bond acceptors (Lipinski definition) is 3. The van der Waals surface area contributed by atoms with E-state index in [1.54, 1.807) is 23.9 Å². The average molecular weight is 270 g/mol. The molecule has 18 heavy (non-hydrogen) atoms. The lowest BCUT2D eigenvalue weighted by molar-refractivity contribution is -0.124. The van der Waals surface area contributed by atoms with Crippen LogP contribution in [-0.2, 0) is 4.79 Å². The first-order valence-electron chi connectivity index (χ1n) is 5.91. The molecule has 0 aliphatic rings. The minimum atomic E-state index is -0.248. The van der Waals surface area contributed by atoms with Gasteiger partial charge in [0, 0.05) is 29.2 Å². The van der Waals surface area contributed by atoms with E-state index in [-0.39, 0.29) is 23.7 Å². The fourth-order valence-electron chi connectivity index (χ4n) is 1.27. The highest BCUT2D eigenvalue weighted by Gasteiger charge is 2.14. The Morgan fingerprint density at radius 1 is 1.39 bits per heavy atom. The van der Waals surface area contributed by atoms with Crippen LogP contribution in [0.25, 0.3) is 0 Å². The monoisotopic (exact) mass is 270 g/mol. The second kappa shape index (κ2) is 7.38. The number of carbonyl (C=O) groups excluding carboxylic acids is 1. The largest absolute Gasteiger partial charge is 0.352 e. The predicted molar refractivity (Wildman–Crippen MR) is 72.9 cm³/mol. The fourth-order valence-corrected chi connectivity index (χ4v) is 2.19. The SMILES string of the molecule is CC(CSc1ccc(F)cc1)C(=O)N[C@@H](C)CN. The molecule has 3 nitrogen and oxygen atoms in total. The zero-order valence-electron chi connectivity index (χ0n) is 10.7. The summed E-state index contributed by atoms with van der Waals surface area (Å²) in [5.74, 6) is 0.313. The summed E-state index contributed by atoms with van der Waals surface area (Å²) in [6.45, 7) is 4.18. The molecule has 0 aliphatic carbocycles. The van der Waals surface area contributed by atoms with Crippen molar-refractivity contribution in [3.63, 3.8) is 0 Å². The van der Waals surface area contributed by atoms with Gasteiger partial charge in [-0.1, -0.05) is 6.92 Å². The Balaban J connectivity index is 2.38. The molecule has 0 fully saturated rings. The van der Waals surface area contributed by atoms with Crippen molar-refractivity contribution < 1.29 is 9.18 Å². The molecular weight excluding hydrogens is 251 g/mol. The van der Waals surface area contributed by atoms with Crippen LogP contribution in [0.4, 0.5) is 4.39 Å². The number of benzene rings is 1. The molecule has 0 spiro atoms. The van der Waals surface area contributed by atoms with Crippen molar-refractivity contribution in [2.24, 2.45) is 11.7 Å². The third kappa shape index (κ3) is 5.06. The van der Waals surface area contributed by atoms with E-state index < -0.39 is 0 Å². The second-order valence-electron chi connectivity index (χ2n) is 4.31. The number of hydrogen-bond donors (Lipinski definition) is 2. The molecule has 0 heterocycles. The minimum Gasteiger partial charge on any atom is -0.352 e. The lowest BCUT2D eigenvalue weighted by atomic mass is 10.2. The maximum Gasteiger partial charge on any atom is 0.223 e. The number of nitrogens with two attached hydrogens (primary N) is 1. The van der Waals surface area contributed by atoms with Gasteiger partial charge in [0.2, 0.25) is 5.91 Å². The third-order valence-corrected chi connectivity index (χ3v) is 3.78. The Kier molecular flexibility index (Phi) is 6.15. The number of carbonyl (C=O) groups is 1. The van der Waals surface area contributed by atoms with Crippen molar-refractivity contribution in [3.05, 3.63) is 30.1 Å². The van der Waals surface area contributed by atoms with Crippen molar-refractivity contribution in [2.75, 3.05) is 12.3 Å². The van der Waals surface area contributed by atoms with Crippen LogP contribution >= 0.6 is 11.8 Å². The smallest absolute Gasteiger partial charge is 0.223 e. The highest BCUT2D eigenvalue weighted by Crippen LogP contribution is 2.20. The maximum atomic E-state index is 12.7. The van der Waals surface area contributed by atoms with Crippen LogP contribution < -0.4 is 11.1 Å². The quantitative estimate of drug-likeness (QED) is 0.778. The van der Waals surface area contributed by atoms with Gasteiger partial charge >= 0.3 is 0 Å². The molecule has 1 rings (SSSR count). The van der Waals surface area contributed by atoms with Gasteiger partial charge in [-0.25, -0.2) is 4.39 Å². The van der Waals surface area contributed by atoms with Crippen molar-refractivity contribution in [1.29, 1.82) is 0 Å². The summed E-state index contributed by atoms with van der Waals surface area (Å²) < 4.78 is 12.7. The van der Waals surface area contributed by atoms with E-state index in [0.29, 0.717) is 12.3 Å². The number of amides is 1. The molecule has 0 saturated heterocycles. The third-order valence-electron chi connectivity index (χ3n) is 2.50. The van der Waals surface area contributed by atoms with Crippen LogP contribution in [0.3, 0.4) is 0 Å². The molecule has 5 heteroatoms. The Labute approximate surface area is 111 Å². The molecule has 0 saturated carbocycles. The molecule has 1 amide bonds. The Bertz CT molecular complexity index is 383. The summed E-state index contributed by atoms with van der Waals surface area (Å²) in [5.41, 5.74) is 5.44. The molecule has 0 aromatic heterocycles. The van der Waals surface area contributed by atoms with Crippen molar-refractivity contribution in [2.45, 2.75) is 24.8 Å². The van der Waals surface area contributed by atoms with Crippen molar-refractivity contribution in [3.8, 4) is 0 Å². The predicted octanol–water partition coefficient (Wildman–Crippen LogP) is 2.02. The van der Waals surface area contributed by atoms with Gasteiger partial charge in [-0.15, -0.1) is 11.8 Å². The number of halogens is 1. The van der Waals surface area contributed by atoms with Crippen LogP contribution in [-0.4, -0.2) is 24.2 Å². The van der Waals surface area contributed by atoms with Gasteiger partial charge in [0.1, 0.15) is 5.82 Å². The number of rotatable bonds is 6. The number of thioether (sulfide) groups is 1. The molecule has 1 aromatic rings. The zero-order chi connectivity index (χ0) is 13.5. The van der Waals surface area contributed by atoms with E-state index in [1.807, 2.05) is 13.8 Å². The van der Waals surface area contributed by atoms with E-state index in [0.717, 1.165) is 4.90 Å². The van der Waals surface area contributed by atoms with E-state index in [2.05, 4.69) is 5.32 Å². The van der Waals surface area contributed by atoms with Crippen LogP contribution in [0.1, 0.15) is 13.8 Å². The van der Waals surface area contributed by atoms with Gasteiger partial charge in [0.25, 0.3) is 0 Å². The lowest BCUT2D eigenvalue weighted by Gasteiger charge is -2.15. The summed E-state index contributed by atoms with van der Waals surface area (Å²) in [5, 5.41) is 2.84. The van der Waals surface area contributed by atoms with Gasteiger partial charge < -0.3 is 11.1 Å². The van der Waals surface area contributed by atoms with E-state index in [4.69, 9.17) is 5.73 Å². The Hall–Kier alpha value is -1.07. The molecule has 0 radical (unpaired) electrons. The van der Waals surface area contributed by atoms with Crippen LogP contribution in [0.2, 0.25) is 0 Å². The first-order chi connectivity index (χ1) is 8.52. The summed E-state index contributed by atoms with van der Waals surface area (Å²) >= 11 is 1.54. The van der Waals surface area contributed by atoms with Crippen LogP contribution in [0.15, 0.2) is 29.2 Å². The van der Waals surface area contributed by atoms with Gasteiger partial charge in [0.15, 0.2) is 0 Å². The van der Waals surface area contributed by atoms with Crippen LogP contribution in [0.5, 0.6) is 0 Å². The Morgan fingerprint density at radius 2 is 2.00 bits per heavy atom. The normalized spacial score (nSPS) is 14.0. The first kappa shape index (κ1) is 15.0. The highest BCUT2D eigenvalue weighted by atomic mass is 32.2. The molecular formula is C13H19FN2OS. The van der Waals surface area contributed by atoms with E-state index in [1.165, 1.54) is 12.1 Å².